The van der Waals surface area contributed by atoms with Gasteiger partial charge in [0.05, 0.1) is 17.6 Å². The Kier molecular flexibility index (Phi) is 10.0. The minimum atomic E-state index is -0.124. The summed E-state index contributed by atoms with van der Waals surface area (Å²) in [7, 11) is 0. The fourth-order valence-electron chi connectivity index (χ4n) is 4.45. The lowest BCUT2D eigenvalue weighted by molar-refractivity contribution is -0.123. The molecule has 0 spiro atoms. The molecule has 1 aromatic heterocycles. The zero-order valence-corrected chi connectivity index (χ0v) is 22.9. The predicted molar refractivity (Wildman–Crippen MR) is 153 cm³/mol. The van der Waals surface area contributed by atoms with Crippen molar-refractivity contribution in [2.75, 3.05) is 19.8 Å². The van der Waals surface area contributed by atoms with Crippen LogP contribution >= 0.6 is 11.6 Å². The standard InChI is InChI=1S/C31H36ClN3O3/c1-23(2)26-10-5-8-13-29(26)37-21-20-35-28-12-7-6-11-27(28)34-30(35)14-4-3-9-19-33-31(36)22-38-25-17-15-24(32)16-18-25/h5-8,10-13,15-18,23H,3-4,9,14,19-22H2,1-2H3,(H,33,36). The second-order valence-electron chi connectivity index (χ2n) is 9.61. The smallest absolute Gasteiger partial charge is 0.257 e. The summed E-state index contributed by atoms with van der Waals surface area (Å²) >= 11 is 5.87. The number of benzene rings is 3. The van der Waals surface area contributed by atoms with Crippen molar-refractivity contribution in [3.63, 3.8) is 0 Å². The molecule has 4 rings (SSSR count). The zero-order chi connectivity index (χ0) is 26.7. The van der Waals surface area contributed by atoms with Gasteiger partial charge in [-0.2, -0.15) is 0 Å². The number of carbonyl (C=O) groups is 1. The molecule has 7 heteroatoms. The number of nitrogens with zero attached hydrogens (tertiary/aromatic N) is 2. The Labute approximate surface area is 229 Å². The van der Waals surface area contributed by atoms with E-state index in [4.69, 9.17) is 26.1 Å². The summed E-state index contributed by atoms with van der Waals surface area (Å²) in [5, 5.41) is 3.56. The Hall–Kier alpha value is -3.51. The Morgan fingerprint density at radius 2 is 1.71 bits per heavy atom. The summed E-state index contributed by atoms with van der Waals surface area (Å²) in [6.45, 7) is 6.32. The number of imidazole rings is 1. The van der Waals surface area contributed by atoms with E-state index in [-0.39, 0.29) is 12.5 Å². The molecule has 4 aromatic rings. The summed E-state index contributed by atoms with van der Waals surface area (Å²) in [6, 6.07) is 23.5. The first-order valence-corrected chi connectivity index (χ1v) is 13.7. The third kappa shape index (κ3) is 7.75. The number of unbranched alkanes of at least 4 members (excludes halogenated alkanes) is 2. The van der Waals surface area contributed by atoms with Crippen LogP contribution in [0.5, 0.6) is 11.5 Å². The van der Waals surface area contributed by atoms with E-state index >= 15 is 0 Å². The molecule has 0 radical (unpaired) electrons. The number of aromatic nitrogens is 2. The van der Waals surface area contributed by atoms with E-state index in [2.05, 4.69) is 54.1 Å². The molecule has 0 atom stereocenters. The molecule has 0 saturated heterocycles. The van der Waals surface area contributed by atoms with Gasteiger partial charge in [0.25, 0.3) is 5.91 Å². The third-order valence-electron chi connectivity index (χ3n) is 6.43. The van der Waals surface area contributed by atoms with Crippen molar-refractivity contribution in [3.05, 3.63) is 89.2 Å². The van der Waals surface area contributed by atoms with E-state index in [9.17, 15) is 4.79 Å². The number of halogens is 1. The number of fused-ring (bicyclic) bond motifs is 1. The molecule has 3 aromatic carbocycles. The largest absolute Gasteiger partial charge is 0.491 e. The molecule has 38 heavy (non-hydrogen) atoms. The Morgan fingerprint density at radius 1 is 0.947 bits per heavy atom. The van der Waals surface area contributed by atoms with Gasteiger partial charge in [0.2, 0.25) is 0 Å². The van der Waals surface area contributed by atoms with Crippen molar-refractivity contribution in [1.29, 1.82) is 0 Å². The van der Waals surface area contributed by atoms with Gasteiger partial charge in [-0.25, -0.2) is 4.98 Å². The topological polar surface area (TPSA) is 65.4 Å². The average Bonchev–Trinajstić information content (AvgIpc) is 3.27. The van der Waals surface area contributed by atoms with Gasteiger partial charge < -0.3 is 19.4 Å². The number of carbonyl (C=O) groups excluding carboxylic acids is 1. The lowest BCUT2D eigenvalue weighted by atomic mass is 10.0. The second-order valence-corrected chi connectivity index (χ2v) is 10.0. The van der Waals surface area contributed by atoms with Crippen LogP contribution in [-0.2, 0) is 17.8 Å². The van der Waals surface area contributed by atoms with Crippen LogP contribution in [0.2, 0.25) is 5.02 Å². The van der Waals surface area contributed by atoms with Gasteiger partial charge in [-0.05, 0) is 66.8 Å². The van der Waals surface area contributed by atoms with Gasteiger partial charge >= 0.3 is 0 Å². The molecule has 0 aliphatic carbocycles. The molecule has 0 aliphatic rings. The van der Waals surface area contributed by atoms with Crippen LogP contribution in [0.15, 0.2) is 72.8 Å². The summed E-state index contributed by atoms with van der Waals surface area (Å²) in [4.78, 5) is 17.0. The van der Waals surface area contributed by atoms with Gasteiger partial charge in [-0.1, -0.05) is 62.2 Å². The highest BCUT2D eigenvalue weighted by Crippen LogP contribution is 2.26. The van der Waals surface area contributed by atoms with Crippen molar-refractivity contribution in [1.82, 2.24) is 14.9 Å². The number of aryl methyl sites for hydroxylation is 1. The van der Waals surface area contributed by atoms with Crippen LogP contribution in [0.1, 0.15) is 50.4 Å². The molecule has 0 bridgehead atoms. The summed E-state index contributed by atoms with van der Waals surface area (Å²) in [5.74, 6) is 2.95. The summed E-state index contributed by atoms with van der Waals surface area (Å²) in [5.41, 5.74) is 3.38. The fourth-order valence-corrected chi connectivity index (χ4v) is 4.57. The van der Waals surface area contributed by atoms with Crippen LogP contribution in [0.4, 0.5) is 0 Å². The average molecular weight is 534 g/mol. The monoisotopic (exact) mass is 533 g/mol. The van der Waals surface area contributed by atoms with Crippen LogP contribution in [0, 0.1) is 0 Å². The highest BCUT2D eigenvalue weighted by Gasteiger charge is 2.12. The summed E-state index contributed by atoms with van der Waals surface area (Å²) in [6.07, 6.45) is 3.78. The van der Waals surface area contributed by atoms with Crippen molar-refractivity contribution in [3.8, 4) is 11.5 Å². The number of ether oxygens (including phenoxy) is 2. The first kappa shape index (κ1) is 27.5. The molecular formula is C31H36ClN3O3. The van der Waals surface area contributed by atoms with Crippen LogP contribution in [0.25, 0.3) is 11.0 Å². The van der Waals surface area contributed by atoms with Crippen LogP contribution < -0.4 is 14.8 Å². The van der Waals surface area contributed by atoms with Crippen molar-refractivity contribution >= 4 is 28.5 Å². The van der Waals surface area contributed by atoms with E-state index in [1.54, 1.807) is 24.3 Å². The van der Waals surface area contributed by atoms with E-state index in [0.29, 0.717) is 29.8 Å². The molecule has 1 N–H and O–H groups in total. The molecule has 1 heterocycles. The molecule has 0 saturated carbocycles. The van der Waals surface area contributed by atoms with Gasteiger partial charge in [-0.15, -0.1) is 0 Å². The lowest BCUT2D eigenvalue weighted by Crippen LogP contribution is -2.29. The maximum Gasteiger partial charge on any atom is 0.257 e. The molecule has 0 fully saturated rings. The second kappa shape index (κ2) is 13.9. The maximum atomic E-state index is 12.1. The number of hydrogen-bond donors (Lipinski definition) is 1. The number of rotatable bonds is 14. The van der Waals surface area contributed by atoms with Crippen molar-refractivity contribution in [2.24, 2.45) is 0 Å². The molecular weight excluding hydrogens is 498 g/mol. The number of para-hydroxylation sites is 3. The summed E-state index contributed by atoms with van der Waals surface area (Å²) < 4.78 is 14.0. The molecule has 0 unspecified atom stereocenters. The molecule has 0 aliphatic heterocycles. The number of amides is 1. The Morgan fingerprint density at radius 3 is 2.53 bits per heavy atom. The van der Waals surface area contributed by atoms with Crippen molar-refractivity contribution in [2.45, 2.75) is 52.0 Å². The minimum Gasteiger partial charge on any atom is -0.491 e. The van der Waals surface area contributed by atoms with E-state index in [1.165, 1.54) is 5.56 Å². The van der Waals surface area contributed by atoms with Gasteiger partial charge in [0.15, 0.2) is 6.61 Å². The Balaban J connectivity index is 1.22. The maximum absolute atomic E-state index is 12.1. The predicted octanol–water partition coefficient (Wildman–Crippen LogP) is 6.80. The number of hydrogen-bond acceptors (Lipinski definition) is 4. The molecule has 200 valence electrons. The van der Waals surface area contributed by atoms with E-state index in [1.807, 2.05) is 18.2 Å². The molecule has 1 amide bonds. The normalized spacial score (nSPS) is 11.2. The first-order chi connectivity index (χ1) is 18.5. The van der Waals surface area contributed by atoms with E-state index < -0.39 is 0 Å². The van der Waals surface area contributed by atoms with Crippen LogP contribution in [-0.4, -0.2) is 35.2 Å². The van der Waals surface area contributed by atoms with Crippen molar-refractivity contribution < 1.29 is 14.3 Å². The number of nitrogens with one attached hydrogen (secondary N) is 1. The Bertz CT molecular complexity index is 1320. The minimum absolute atomic E-state index is 0.00459. The zero-order valence-electron chi connectivity index (χ0n) is 22.2. The quantitative estimate of drug-likeness (QED) is 0.181. The lowest BCUT2D eigenvalue weighted by Gasteiger charge is -2.15. The fraction of sp³-hybridized carbons (Fsp3) is 0.355. The van der Waals surface area contributed by atoms with Gasteiger partial charge in [0.1, 0.15) is 23.9 Å². The first-order valence-electron chi connectivity index (χ1n) is 13.3. The SMILES string of the molecule is CC(C)c1ccccc1OCCn1c(CCCCCNC(=O)COc2ccc(Cl)cc2)nc2ccccc21. The highest BCUT2D eigenvalue weighted by atomic mass is 35.5. The highest BCUT2D eigenvalue weighted by molar-refractivity contribution is 6.30. The van der Waals surface area contributed by atoms with Crippen LogP contribution in [0.3, 0.4) is 0 Å². The third-order valence-corrected chi connectivity index (χ3v) is 6.68. The molecule has 6 nitrogen and oxygen atoms in total. The van der Waals surface area contributed by atoms with Gasteiger partial charge in [0, 0.05) is 18.0 Å². The van der Waals surface area contributed by atoms with E-state index in [0.717, 1.165) is 54.8 Å². The van der Waals surface area contributed by atoms with Gasteiger partial charge in [-0.3, -0.25) is 4.79 Å².